The number of nitrogens with one attached hydrogen (secondary N) is 1. The molecule has 0 saturated carbocycles. The summed E-state index contributed by atoms with van der Waals surface area (Å²) in [6, 6.07) is 13.3. The van der Waals surface area contributed by atoms with Crippen LogP contribution < -0.4 is 14.8 Å². The average Bonchev–Trinajstić information content (AvgIpc) is 2.85. The van der Waals surface area contributed by atoms with Gasteiger partial charge in [-0.3, -0.25) is 4.79 Å². The van der Waals surface area contributed by atoms with Gasteiger partial charge in [0.1, 0.15) is 11.5 Å². The molecule has 0 aliphatic carbocycles. The van der Waals surface area contributed by atoms with Crippen molar-refractivity contribution in [3.05, 3.63) is 53.6 Å². The predicted molar refractivity (Wildman–Crippen MR) is 91.7 cm³/mol. The molecule has 0 aromatic heterocycles. The molecule has 4 heteroatoms. The van der Waals surface area contributed by atoms with Crippen molar-refractivity contribution in [3.8, 4) is 11.5 Å². The normalized spacial score (nSPS) is 14.5. The van der Waals surface area contributed by atoms with Crippen LogP contribution in [-0.2, 0) is 4.79 Å². The Morgan fingerprint density at radius 2 is 1.83 bits per heavy atom. The van der Waals surface area contributed by atoms with Crippen LogP contribution in [0.1, 0.15) is 25.0 Å². The summed E-state index contributed by atoms with van der Waals surface area (Å²) in [5.41, 5.74) is 3.18. The van der Waals surface area contributed by atoms with Gasteiger partial charge in [0.25, 0.3) is 5.91 Å². The van der Waals surface area contributed by atoms with E-state index < -0.39 is 0 Å². The molecule has 23 heavy (non-hydrogen) atoms. The van der Waals surface area contributed by atoms with E-state index in [2.05, 4.69) is 5.32 Å². The first-order valence-corrected chi connectivity index (χ1v) is 7.75. The van der Waals surface area contributed by atoms with Crippen LogP contribution in [0.4, 0.5) is 5.69 Å². The quantitative estimate of drug-likeness (QED) is 0.850. The van der Waals surface area contributed by atoms with Gasteiger partial charge in [-0.15, -0.1) is 0 Å². The number of para-hydroxylation sites is 1. The van der Waals surface area contributed by atoms with Crippen molar-refractivity contribution in [1.29, 1.82) is 0 Å². The number of benzene rings is 2. The Bertz CT molecular complexity index is 765. The molecule has 0 bridgehead atoms. The first-order valence-electron chi connectivity index (χ1n) is 7.75. The van der Waals surface area contributed by atoms with Crippen molar-refractivity contribution in [2.24, 2.45) is 0 Å². The fourth-order valence-corrected chi connectivity index (χ4v) is 2.62. The maximum atomic E-state index is 12.3. The Kier molecular flexibility index (Phi) is 4.33. The molecule has 0 fully saturated rings. The Morgan fingerprint density at radius 1 is 1.04 bits per heavy atom. The van der Waals surface area contributed by atoms with Gasteiger partial charge in [0.15, 0.2) is 0 Å². The second-order valence-corrected chi connectivity index (χ2v) is 5.12. The van der Waals surface area contributed by atoms with Gasteiger partial charge in [0.2, 0.25) is 0 Å². The highest BCUT2D eigenvalue weighted by Crippen LogP contribution is 2.36. The molecule has 1 aliphatic heterocycles. The third-order valence-electron chi connectivity index (χ3n) is 3.60. The predicted octanol–water partition coefficient (Wildman–Crippen LogP) is 3.98. The van der Waals surface area contributed by atoms with E-state index in [1.165, 1.54) is 0 Å². The van der Waals surface area contributed by atoms with Gasteiger partial charge in [-0.2, -0.15) is 0 Å². The maximum absolute atomic E-state index is 12.3. The number of carbonyl (C=O) groups is 1. The minimum absolute atomic E-state index is 0.111. The van der Waals surface area contributed by atoms with Gasteiger partial charge in [0, 0.05) is 22.8 Å². The van der Waals surface area contributed by atoms with Crippen LogP contribution in [0.2, 0.25) is 0 Å². The molecule has 1 amide bonds. The zero-order valence-electron chi connectivity index (χ0n) is 13.3. The highest BCUT2D eigenvalue weighted by molar-refractivity contribution is 6.35. The minimum Gasteiger partial charge on any atom is -0.494 e. The summed E-state index contributed by atoms with van der Waals surface area (Å²) in [6.45, 7) is 5.05. The lowest BCUT2D eigenvalue weighted by Crippen LogP contribution is -2.04. The third-order valence-corrected chi connectivity index (χ3v) is 3.60. The molecular weight excluding hydrogens is 290 g/mol. The molecule has 0 atom stereocenters. The Morgan fingerprint density at radius 3 is 2.61 bits per heavy atom. The summed E-state index contributed by atoms with van der Waals surface area (Å²) in [7, 11) is 0. The lowest BCUT2D eigenvalue weighted by atomic mass is 10.0. The Hall–Kier alpha value is -2.75. The third kappa shape index (κ3) is 3.06. The Balaban J connectivity index is 2.00. The molecule has 3 rings (SSSR count). The monoisotopic (exact) mass is 309 g/mol. The van der Waals surface area contributed by atoms with E-state index in [4.69, 9.17) is 9.47 Å². The van der Waals surface area contributed by atoms with Crippen LogP contribution in [0.15, 0.2) is 42.5 Å². The maximum Gasteiger partial charge on any atom is 0.256 e. The van der Waals surface area contributed by atoms with Crippen molar-refractivity contribution in [2.45, 2.75) is 13.8 Å². The van der Waals surface area contributed by atoms with E-state index in [9.17, 15) is 4.79 Å². The van der Waals surface area contributed by atoms with Crippen LogP contribution in [0.25, 0.3) is 11.6 Å². The van der Waals surface area contributed by atoms with Crippen LogP contribution in [0.5, 0.6) is 11.5 Å². The van der Waals surface area contributed by atoms with Crippen LogP contribution in [-0.4, -0.2) is 19.1 Å². The molecule has 1 heterocycles. The summed E-state index contributed by atoms with van der Waals surface area (Å²) in [5.74, 6) is 1.41. The van der Waals surface area contributed by atoms with Crippen molar-refractivity contribution >= 4 is 23.2 Å². The number of hydrogen-bond donors (Lipinski definition) is 1. The zero-order chi connectivity index (χ0) is 16.2. The van der Waals surface area contributed by atoms with Gasteiger partial charge in [0.05, 0.1) is 18.9 Å². The van der Waals surface area contributed by atoms with E-state index >= 15 is 0 Å². The molecule has 1 aliphatic rings. The molecule has 2 aromatic carbocycles. The highest BCUT2D eigenvalue weighted by Gasteiger charge is 2.24. The lowest BCUT2D eigenvalue weighted by molar-refractivity contribution is -0.110. The van der Waals surface area contributed by atoms with E-state index in [1.807, 2.05) is 62.4 Å². The van der Waals surface area contributed by atoms with Gasteiger partial charge in [-0.25, -0.2) is 0 Å². The second-order valence-electron chi connectivity index (χ2n) is 5.12. The lowest BCUT2D eigenvalue weighted by Gasteiger charge is -2.07. The van der Waals surface area contributed by atoms with Crippen molar-refractivity contribution in [2.75, 3.05) is 18.5 Å². The molecule has 4 nitrogen and oxygen atoms in total. The molecule has 0 radical (unpaired) electrons. The highest BCUT2D eigenvalue weighted by atomic mass is 16.5. The van der Waals surface area contributed by atoms with Crippen LogP contribution in [0, 0.1) is 0 Å². The van der Waals surface area contributed by atoms with Gasteiger partial charge in [-0.05, 0) is 38.1 Å². The summed E-state index contributed by atoms with van der Waals surface area (Å²) >= 11 is 0. The van der Waals surface area contributed by atoms with Crippen LogP contribution in [0.3, 0.4) is 0 Å². The molecule has 2 aromatic rings. The second kappa shape index (κ2) is 6.57. The molecule has 118 valence electrons. The van der Waals surface area contributed by atoms with Crippen molar-refractivity contribution < 1.29 is 14.3 Å². The molecule has 0 unspecified atom stereocenters. The topological polar surface area (TPSA) is 47.6 Å². The number of carbonyl (C=O) groups excluding carboxylic acids is 1. The standard InChI is InChI=1S/C19H19NO3/c1-3-22-14-9-10-15-16(19(21)20-17(15)12-14)11-13-7-5-6-8-18(13)23-4-2/h5-12H,3-4H2,1-2H3,(H,20,21)/b16-11+. The number of hydrogen-bond acceptors (Lipinski definition) is 3. The number of ether oxygens (including phenoxy) is 2. The van der Waals surface area contributed by atoms with E-state index in [0.29, 0.717) is 18.8 Å². The van der Waals surface area contributed by atoms with Crippen molar-refractivity contribution in [3.63, 3.8) is 0 Å². The molecular formula is C19H19NO3. The SMILES string of the molecule is CCOc1ccc2c(c1)NC(=O)/C2=C/c1ccccc1OCC. The average molecular weight is 309 g/mol. The van der Waals surface area contributed by atoms with Gasteiger partial charge >= 0.3 is 0 Å². The van der Waals surface area contributed by atoms with Crippen LogP contribution >= 0.6 is 0 Å². The minimum atomic E-state index is -0.111. The summed E-state index contributed by atoms with van der Waals surface area (Å²) in [4.78, 5) is 12.3. The first kappa shape index (κ1) is 15.2. The number of anilines is 1. The molecule has 1 N–H and O–H groups in total. The summed E-state index contributed by atoms with van der Waals surface area (Å²) in [6.07, 6.45) is 1.87. The first-order chi connectivity index (χ1) is 11.2. The fourth-order valence-electron chi connectivity index (χ4n) is 2.62. The van der Waals surface area contributed by atoms with Gasteiger partial charge in [-0.1, -0.05) is 18.2 Å². The van der Waals surface area contributed by atoms with Gasteiger partial charge < -0.3 is 14.8 Å². The van der Waals surface area contributed by atoms with E-state index in [1.54, 1.807) is 0 Å². The van der Waals surface area contributed by atoms with E-state index in [-0.39, 0.29) is 5.91 Å². The number of rotatable bonds is 5. The number of fused-ring (bicyclic) bond motifs is 1. The Labute approximate surface area is 135 Å². The van der Waals surface area contributed by atoms with E-state index in [0.717, 1.165) is 28.3 Å². The fraction of sp³-hybridized carbons (Fsp3) is 0.211. The number of amides is 1. The summed E-state index contributed by atoms with van der Waals surface area (Å²) in [5, 5.41) is 2.89. The molecule has 0 spiro atoms. The van der Waals surface area contributed by atoms with Crippen molar-refractivity contribution in [1.82, 2.24) is 0 Å². The zero-order valence-corrected chi connectivity index (χ0v) is 13.3. The smallest absolute Gasteiger partial charge is 0.256 e. The largest absolute Gasteiger partial charge is 0.494 e. The summed E-state index contributed by atoms with van der Waals surface area (Å²) < 4.78 is 11.1. The molecule has 0 saturated heterocycles.